The number of rotatable bonds is 4. The van der Waals surface area contributed by atoms with Crippen LogP contribution in [0.1, 0.15) is 10.4 Å². The van der Waals surface area contributed by atoms with E-state index in [2.05, 4.69) is 5.32 Å². The number of benzene rings is 1. The fraction of sp³-hybridized carbons (Fsp3) is 0.222. The lowest BCUT2D eigenvalue weighted by atomic mass is 10.2. The van der Waals surface area contributed by atoms with Crippen molar-refractivity contribution >= 4 is 15.9 Å². The highest BCUT2D eigenvalue weighted by Gasteiger charge is 2.07. The smallest absolute Gasteiger partial charge is 0.251 e. The fourth-order valence-electron chi connectivity index (χ4n) is 1.01. The highest BCUT2D eigenvalue weighted by atomic mass is 32.2. The van der Waals surface area contributed by atoms with Crippen LogP contribution in [0.2, 0.25) is 0 Å². The van der Waals surface area contributed by atoms with Gasteiger partial charge >= 0.3 is 0 Å². The van der Waals surface area contributed by atoms with Gasteiger partial charge in [-0.1, -0.05) is 0 Å². The number of hydrogen-bond acceptors (Lipinski definition) is 3. The van der Waals surface area contributed by atoms with Gasteiger partial charge in [0.25, 0.3) is 5.91 Å². The SMILES string of the molecule is NS(=O)(=O)CCNC(=O)c1ccc(F)cc1. The molecule has 1 aromatic rings. The van der Waals surface area contributed by atoms with Crippen molar-refractivity contribution in [3.8, 4) is 0 Å². The van der Waals surface area contributed by atoms with E-state index in [1.54, 1.807) is 0 Å². The van der Waals surface area contributed by atoms with Gasteiger partial charge in [-0.3, -0.25) is 4.79 Å². The number of amides is 1. The molecular formula is C9H11FN2O3S. The minimum Gasteiger partial charge on any atom is -0.351 e. The zero-order valence-electron chi connectivity index (χ0n) is 8.31. The monoisotopic (exact) mass is 246 g/mol. The van der Waals surface area contributed by atoms with E-state index in [0.717, 1.165) is 12.1 Å². The molecule has 0 aliphatic heterocycles. The zero-order chi connectivity index (χ0) is 12.2. The van der Waals surface area contributed by atoms with Crippen molar-refractivity contribution in [3.05, 3.63) is 35.6 Å². The third kappa shape index (κ3) is 4.37. The Morgan fingerprint density at radius 3 is 2.38 bits per heavy atom. The Morgan fingerprint density at radius 1 is 1.31 bits per heavy atom. The van der Waals surface area contributed by atoms with Crippen LogP contribution in [0.25, 0.3) is 0 Å². The van der Waals surface area contributed by atoms with Gasteiger partial charge < -0.3 is 5.32 Å². The van der Waals surface area contributed by atoms with Crippen LogP contribution < -0.4 is 10.5 Å². The van der Waals surface area contributed by atoms with Gasteiger partial charge in [0, 0.05) is 12.1 Å². The van der Waals surface area contributed by atoms with Crippen molar-refractivity contribution in [1.82, 2.24) is 5.32 Å². The van der Waals surface area contributed by atoms with Gasteiger partial charge in [0.1, 0.15) is 5.82 Å². The maximum Gasteiger partial charge on any atom is 0.251 e. The van der Waals surface area contributed by atoms with Gasteiger partial charge in [-0.25, -0.2) is 17.9 Å². The highest BCUT2D eigenvalue weighted by Crippen LogP contribution is 2.01. The first kappa shape index (κ1) is 12.6. The topological polar surface area (TPSA) is 89.3 Å². The van der Waals surface area contributed by atoms with Crippen LogP contribution >= 0.6 is 0 Å². The van der Waals surface area contributed by atoms with Gasteiger partial charge in [0.15, 0.2) is 0 Å². The third-order valence-corrected chi connectivity index (χ3v) is 2.55. The van der Waals surface area contributed by atoms with Gasteiger partial charge in [0.2, 0.25) is 10.0 Å². The minimum absolute atomic E-state index is 0.0744. The first-order chi connectivity index (χ1) is 7.38. The summed E-state index contributed by atoms with van der Waals surface area (Å²) in [6, 6.07) is 4.91. The number of sulfonamides is 1. The molecule has 3 N–H and O–H groups in total. The van der Waals surface area contributed by atoms with Crippen LogP contribution in [0.15, 0.2) is 24.3 Å². The lowest BCUT2D eigenvalue weighted by molar-refractivity contribution is 0.0956. The second kappa shape index (κ2) is 5.04. The average molecular weight is 246 g/mol. The summed E-state index contributed by atoms with van der Waals surface area (Å²) in [6.07, 6.45) is 0. The van der Waals surface area contributed by atoms with Crippen LogP contribution in [-0.2, 0) is 10.0 Å². The van der Waals surface area contributed by atoms with Crippen LogP contribution in [0.4, 0.5) is 4.39 Å². The third-order valence-electron chi connectivity index (χ3n) is 1.78. The molecule has 16 heavy (non-hydrogen) atoms. The largest absolute Gasteiger partial charge is 0.351 e. The molecule has 0 aliphatic rings. The fourth-order valence-corrected chi connectivity index (χ4v) is 1.40. The number of carbonyl (C=O) groups excluding carboxylic acids is 1. The molecular weight excluding hydrogens is 235 g/mol. The molecule has 0 aromatic heterocycles. The standard InChI is InChI=1S/C9H11FN2O3S/c10-8-3-1-7(2-4-8)9(13)12-5-6-16(11,14)15/h1-4H,5-6H2,(H,12,13)(H2,11,14,15). The van der Waals surface area contributed by atoms with E-state index in [0.29, 0.717) is 0 Å². The number of halogens is 1. The molecule has 0 atom stereocenters. The summed E-state index contributed by atoms with van der Waals surface area (Å²) in [5.74, 6) is -1.25. The molecule has 1 aromatic carbocycles. The lowest BCUT2D eigenvalue weighted by Gasteiger charge is -2.03. The number of nitrogens with one attached hydrogen (secondary N) is 1. The van der Waals surface area contributed by atoms with Crippen LogP contribution in [0, 0.1) is 5.82 Å². The second-order valence-corrected chi connectivity index (χ2v) is 4.86. The van der Waals surface area contributed by atoms with Crippen LogP contribution in [-0.4, -0.2) is 26.6 Å². The Labute approximate surface area is 92.5 Å². The first-order valence-electron chi connectivity index (χ1n) is 4.43. The average Bonchev–Trinajstić information content (AvgIpc) is 2.16. The number of primary sulfonamides is 1. The van der Waals surface area contributed by atoms with E-state index in [1.807, 2.05) is 0 Å². The molecule has 0 bridgehead atoms. The summed E-state index contributed by atoms with van der Waals surface area (Å²) in [5, 5.41) is 7.11. The Kier molecular flexibility index (Phi) is 3.97. The van der Waals surface area contributed by atoms with E-state index in [-0.39, 0.29) is 17.9 Å². The van der Waals surface area contributed by atoms with Gasteiger partial charge in [-0.05, 0) is 24.3 Å². The van der Waals surface area contributed by atoms with E-state index in [9.17, 15) is 17.6 Å². The van der Waals surface area contributed by atoms with Crippen LogP contribution in [0.5, 0.6) is 0 Å². The minimum atomic E-state index is -3.58. The summed E-state index contributed by atoms with van der Waals surface area (Å²) in [4.78, 5) is 11.4. The van der Waals surface area contributed by atoms with Gasteiger partial charge in [0.05, 0.1) is 5.75 Å². The summed E-state index contributed by atoms with van der Waals surface area (Å²) >= 11 is 0. The molecule has 0 fully saturated rings. The molecule has 88 valence electrons. The number of carbonyl (C=O) groups is 1. The highest BCUT2D eigenvalue weighted by molar-refractivity contribution is 7.89. The molecule has 0 saturated carbocycles. The van der Waals surface area contributed by atoms with Crippen molar-refractivity contribution in [2.45, 2.75) is 0 Å². The summed E-state index contributed by atoms with van der Waals surface area (Å²) < 4.78 is 33.7. The normalized spacial score (nSPS) is 11.1. The maximum atomic E-state index is 12.5. The molecule has 0 radical (unpaired) electrons. The predicted octanol–water partition coefficient (Wildman–Crippen LogP) is -0.156. The Morgan fingerprint density at radius 2 is 1.88 bits per heavy atom. The quantitative estimate of drug-likeness (QED) is 0.773. The van der Waals surface area contributed by atoms with E-state index in [4.69, 9.17) is 5.14 Å². The summed E-state index contributed by atoms with van der Waals surface area (Å²) in [7, 11) is -3.58. The molecule has 1 amide bonds. The van der Waals surface area contributed by atoms with Crippen molar-refractivity contribution in [2.24, 2.45) is 5.14 Å². The molecule has 0 unspecified atom stereocenters. The maximum absolute atomic E-state index is 12.5. The van der Waals surface area contributed by atoms with E-state index >= 15 is 0 Å². The Hall–Kier alpha value is -1.47. The molecule has 0 spiro atoms. The van der Waals surface area contributed by atoms with Gasteiger partial charge in [-0.15, -0.1) is 0 Å². The van der Waals surface area contributed by atoms with Crippen molar-refractivity contribution in [1.29, 1.82) is 0 Å². The van der Waals surface area contributed by atoms with Crippen LogP contribution in [0.3, 0.4) is 0 Å². The predicted molar refractivity (Wildman–Crippen MR) is 56.7 cm³/mol. The van der Waals surface area contributed by atoms with Crippen molar-refractivity contribution in [2.75, 3.05) is 12.3 Å². The summed E-state index contributed by atoms with van der Waals surface area (Å²) in [5.41, 5.74) is 0.260. The zero-order valence-corrected chi connectivity index (χ0v) is 9.13. The van der Waals surface area contributed by atoms with Crippen molar-refractivity contribution in [3.63, 3.8) is 0 Å². The molecule has 0 heterocycles. The van der Waals surface area contributed by atoms with E-state index in [1.165, 1.54) is 12.1 Å². The molecule has 7 heteroatoms. The first-order valence-corrected chi connectivity index (χ1v) is 6.14. The number of hydrogen-bond donors (Lipinski definition) is 2. The molecule has 5 nitrogen and oxygen atoms in total. The van der Waals surface area contributed by atoms with Gasteiger partial charge in [-0.2, -0.15) is 0 Å². The molecule has 0 aliphatic carbocycles. The van der Waals surface area contributed by atoms with Crippen molar-refractivity contribution < 1.29 is 17.6 Å². The lowest BCUT2D eigenvalue weighted by Crippen LogP contribution is -2.31. The number of nitrogens with two attached hydrogens (primary N) is 1. The Balaban J connectivity index is 2.50. The summed E-state index contributed by atoms with van der Waals surface area (Å²) in [6.45, 7) is -0.0744. The van der Waals surface area contributed by atoms with E-state index < -0.39 is 21.7 Å². The Bertz CT molecular complexity index is 470. The second-order valence-electron chi connectivity index (χ2n) is 3.13. The molecule has 1 rings (SSSR count). The molecule has 0 saturated heterocycles.